The molecule has 1 atom stereocenters. The van der Waals surface area contributed by atoms with Gasteiger partial charge in [0, 0.05) is 18.9 Å². The molecule has 0 radical (unpaired) electrons. The molecule has 3 rings (SSSR count). The fourth-order valence-corrected chi connectivity index (χ4v) is 2.76. The smallest absolute Gasteiger partial charge is 0.326 e. The van der Waals surface area contributed by atoms with Crippen molar-refractivity contribution in [3.8, 4) is 0 Å². The summed E-state index contributed by atoms with van der Waals surface area (Å²) in [5, 5.41) is 9.25. The minimum absolute atomic E-state index is 0.100. The highest BCUT2D eigenvalue weighted by atomic mass is 16.4. The molecule has 0 spiro atoms. The molecular weight excluding hydrogens is 286 g/mol. The monoisotopic (exact) mass is 301 g/mol. The van der Waals surface area contributed by atoms with E-state index in [0.717, 1.165) is 12.8 Å². The van der Waals surface area contributed by atoms with Crippen molar-refractivity contribution in [2.24, 2.45) is 0 Å². The minimum Gasteiger partial charge on any atom is -0.480 e. The number of aliphatic carboxylic acids is 1. The van der Waals surface area contributed by atoms with Crippen LogP contribution in [0.25, 0.3) is 5.65 Å². The number of carbonyl (C=O) groups is 2. The Kier molecular flexibility index (Phi) is 3.62. The molecule has 1 aliphatic heterocycles. The molecule has 1 saturated heterocycles. The summed E-state index contributed by atoms with van der Waals surface area (Å²) in [4.78, 5) is 41.7. The molecule has 1 N–H and O–H groups in total. The Balaban J connectivity index is 2.03. The Bertz CT molecular complexity index is 799. The van der Waals surface area contributed by atoms with E-state index in [2.05, 4.69) is 4.98 Å². The highest BCUT2D eigenvalue weighted by molar-refractivity contribution is 5.96. The molecule has 1 aliphatic rings. The normalized spacial score (nSPS) is 18.4. The number of pyridine rings is 1. The zero-order chi connectivity index (χ0) is 15.7. The number of aromatic nitrogens is 2. The molecule has 7 heteroatoms. The van der Waals surface area contributed by atoms with E-state index in [1.165, 1.54) is 21.7 Å². The van der Waals surface area contributed by atoms with Crippen molar-refractivity contribution in [3.63, 3.8) is 0 Å². The van der Waals surface area contributed by atoms with Crippen molar-refractivity contribution in [2.75, 3.05) is 6.54 Å². The van der Waals surface area contributed by atoms with Crippen molar-refractivity contribution in [1.82, 2.24) is 14.3 Å². The van der Waals surface area contributed by atoms with E-state index in [1.54, 1.807) is 18.2 Å². The van der Waals surface area contributed by atoms with Crippen LogP contribution >= 0.6 is 0 Å². The van der Waals surface area contributed by atoms with E-state index >= 15 is 0 Å². The molecule has 1 unspecified atom stereocenters. The predicted molar refractivity (Wildman–Crippen MR) is 77.8 cm³/mol. The molecule has 0 aliphatic carbocycles. The van der Waals surface area contributed by atoms with Gasteiger partial charge < -0.3 is 10.0 Å². The third-order valence-corrected chi connectivity index (χ3v) is 3.89. The lowest BCUT2D eigenvalue weighted by atomic mass is 10.0. The Morgan fingerprint density at radius 2 is 2.09 bits per heavy atom. The Morgan fingerprint density at radius 3 is 2.86 bits per heavy atom. The van der Waals surface area contributed by atoms with Gasteiger partial charge in [-0.2, -0.15) is 0 Å². The van der Waals surface area contributed by atoms with E-state index in [0.29, 0.717) is 18.6 Å². The maximum absolute atomic E-state index is 12.6. The fourth-order valence-electron chi connectivity index (χ4n) is 2.76. The first-order chi connectivity index (χ1) is 10.6. The number of carboxylic acids is 1. The lowest BCUT2D eigenvalue weighted by Gasteiger charge is -2.32. The van der Waals surface area contributed by atoms with Crippen LogP contribution in [0.15, 0.2) is 35.4 Å². The highest BCUT2D eigenvalue weighted by Crippen LogP contribution is 2.19. The standard InChI is InChI=1S/C15H15N3O4/c19-13(17-7-3-1-5-11(17)15(21)22)10-9-16-12-6-2-4-8-18(12)14(10)20/h2,4,6,8-9,11H,1,3,5,7H2,(H,21,22). The second kappa shape index (κ2) is 5.59. The lowest BCUT2D eigenvalue weighted by molar-refractivity contribution is -0.143. The van der Waals surface area contributed by atoms with Crippen LogP contribution in [0.4, 0.5) is 0 Å². The van der Waals surface area contributed by atoms with E-state index in [4.69, 9.17) is 0 Å². The molecule has 0 saturated carbocycles. The number of carbonyl (C=O) groups excluding carboxylic acids is 1. The van der Waals surface area contributed by atoms with Crippen molar-refractivity contribution in [1.29, 1.82) is 0 Å². The molecule has 22 heavy (non-hydrogen) atoms. The van der Waals surface area contributed by atoms with E-state index in [1.807, 2.05) is 0 Å². The van der Waals surface area contributed by atoms with Gasteiger partial charge in [-0.05, 0) is 31.4 Å². The zero-order valence-corrected chi connectivity index (χ0v) is 11.8. The summed E-state index contributed by atoms with van der Waals surface area (Å²) in [6.07, 6.45) is 4.66. The Morgan fingerprint density at radius 1 is 1.27 bits per heavy atom. The molecule has 2 aromatic rings. The van der Waals surface area contributed by atoms with Gasteiger partial charge in [-0.1, -0.05) is 6.07 Å². The first-order valence-corrected chi connectivity index (χ1v) is 7.10. The number of likely N-dealkylation sites (tertiary alicyclic amines) is 1. The SMILES string of the molecule is O=C(O)C1CCCCN1C(=O)c1cnc2ccccn2c1=O. The Hall–Kier alpha value is -2.70. The van der Waals surface area contributed by atoms with Crippen LogP contribution in [0, 0.1) is 0 Å². The average molecular weight is 301 g/mol. The molecular formula is C15H15N3O4. The molecule has 114 valence electrons. The summed E-state index contributed by atoms with van der Waals surface area (Å²) in [6, 6.07) is 4.20. The van der Waals surface area contributed by atoms with Gasteiger partial charge >= 0.3 is 5.97 Å². The maximum atomic E-state index is 12.6. The topological polar surface area (TPSA) is 92.0 Å². The quantitative estimate of drug-likeness (QED) is 0.884. The summed E-state index contributed by atoms with van der Waals surface area (Å²) >= 11 is 0. The van der Waals surface area contributed by atoms with Gasteiger partial charge in [0.1, 0.15) is 17.3 Å². The van der Waals surface area contributed by atoms with Crippen LogP contribution in [-0.4, -0.2) is 43.9 Å². The first-order valence-electron chi connectivity index (χ1n) is 7.10. The third kappa shape index (κ3) is 2.34. The van der Waals surface area contributed by atoms with Gasteiger partial charge in [-0.25, -0.2) is 9.78 Å². The van der Waals surface area contributed by atoms with Crippen LogP contribution in [0.5, 0.6) is 0 Å². The average Bonchev–Trinajstić information content (AvgIpc) is 2.55. The van der Waals surface area contributed by atoms with E-state index < -0.39 is 23.5 Å². The number of hydrogen-bond acceptors (Lipinski definition) is 4. The van der Waals surface area contributed by atoms with Gasteiger partial charge in [-0.15, -0.1) is 0 Å². The van der Waals surface area contributed by atoms with Crippen LogP contribution in [0.3, 0.4) is 0 Å². The number of piperidine rings is 1. The van der Waals surface area contributed by atoms with E-state index in [9.17, 15) is 19.5 Å². The van der Waals surface area contributed by atoms with Gasteiger partial charge in [0.05, 0.1) is 0 Å². The second-order valence-corrected chi connectivity index (χ2v) is 5.25. The van der Waals surface area contributed by atoms with Crippen molar-refractivity contribution in [2.45, 2.75) is 25.3 Å². The zero-order valence-electron chi connectivity index (χ0n) is 11.8. The predicted octanol–water partition coefficient (Wildman–Crippen LogP) is 0.774. The largest absolute Gasteiger partial charge is 0.480 e. The number of nitrogens with zero attached hydrogens (tertiary/aromatic N) is 3. The molecule has 3 heterocycles. The van der Waals surface area contributed by atoms with Gasteiger partial charge in [0.2, 0.25) is 0 Å². The molecule has 1 amide bonds. The van der Waals surface area contributed by atoms with Crippen LogP contribution in [-0.2, 0) is 4.79 Å². The molecule has 1 fully saturated rings. The number of carboxylic acid groups (broad SMARTS) is 1. The van der Waals surface area contributed by atoms with Crippen molar-refractivity contribution >= 4 is 17.5 Å². The summed E-state index contributed by atoms with van der Waals surface area (Å²) < 4.78 is 1.28. The van der Waals surface area contributed by atoms with Crippen LogP contribution in [0.1, 0.15) is 29.6 Å². The highest BCUT2D eigenvalue weighted by Gasteiger charge is 2.33. The number of fused-ring (bicyclic) bond motifs is 1. The fraction of sp³-hybridized carbons (Fsp3) is 0.333. The molecule has 2 aromatic heterocycles. The lowest BCUT2D eigenvalue weighted by Crippen LogP contribution is -2.49. The maximum Gasteiger partial charge on any atom is 0.326 e. The first kappa shape index (κ1) is 14.2. The summed E-state index contributed by atoms with van der Waals surface area (Å²) in [5.74, 6) is -1.61. The van der Waals surface area contributed by atoms with Crippen LogP contribution < -0.4 is 5.56 Å². The summed E-state index contributed by atoms with van der Waals surface area (Å²) in [5.41, 5.74) is -0.139. The van der Waals surface area contributed by atoms with Gasteiger partial charge in [-0.3, -0.25) is 14.0 Å². The molecule has 0 aromatic carbocycles. The van der Waals surface area contributed by atoms with Gasteiger partial charge in [0.25, 0.3) is 11.5 Å². The van der Waals surface area contributed by atoms with Crippen LogP contribution in [0.2, 0.25) is 0 Å². The Labute approximate surface area is 125 Å². The van der Waals surface area contributed by atoms with Gasteiger partial charge in [0.15, 0.2) is 0 Å². The summed E-state index contributed by atoms with van der Waals surface area (Å²) in [6.45, 7) is 0.340. The number of rotatable bonds is 2. The molecule has 7 nitrogen and oxygen atoms in total. The van der Waals surface area contributed by atoms with Crippen molar-refractivity contribution in [3.05, 3.63) is 46.5 Å². The van der Waals surface area contributed by atoms with Crippen molar-refractivity contribution < 1.29 is 14.7 Å². The minimum atomic E-state index is -1.04. The van der Waals surface area contributed by atoms with E-state index in [-0.39, 0.29) is 5.56 Å². The third-order valence-electron chi connectivity index (χ3n) is 3.89. The molecule has 0 bridgehead atoms. The number of hydrogen-bond donors (Lipinski definition) is 1. The summed E-state index contributed by atoms with van der Waals surface area (Å²) in [7, 11) is 0. The second-order valence-electron chi connectivity index (χ2n) is 5.25. The number of amides is 1.